The average molecular weight is 260 g/mol. The molecular weight excluding hydrogens is 254 g/mol. The highest BCUT2D eigenvalue weighted by atomic mass is 35.5. The number of aromatic amines is 1. The Morgan fingerprint density at radius 3 is 2.69 bits per heavy atom. The van der Waals surface area contributed by atoms with Gasteiger partial charge in [-0.1, -0.05) is 11.6 Å². The number of halogens is 1. The summed E-state index contributed by atoms with van der Waals surface area (Å²) in [5, 5.41) is 7.21. The van der Waals surface area contributed by atoms with E-state index >= 15 is 0 Å². The van der Waals surface area contributed by atoms with E-state index in [4.69, 9.17) is 11.6 Å². The van der Waals surface area contributed by atoms with Crippen LogP contribution in [0.3, 0.4) is 0 Å². The van der Waals surface area contributed by atoms with Gasteiger partial charge in [0.2, 0.25) is 0 Å². The predicted molar refractivity (Wildman–Crippen MR) is 56.4 cm³/mol. The molecule has 0 fully saturated rings. The summed E-state index contributed by atoms with van der Waals surface area (Å²) < 4.78 is 25.5. The molecular formula is C7H6ClN5O2S. The molecule has 0 unspecified atom stereocenters. The molecule has 0 saturated carbocycles. The minimum absolute atomic E-state index is 0.0516. The monoisotopic (exact) mass is 259 g/mol. The molecule has 0 bridgehead atoms. The number of hydrogen-bond acceptors (Lipinski definition) is 5. The molecule has 2 rings (SSSR count). The number of aromatic nitrogens is 4. The zero-order chi connectivity index (χ0) is 11.6. The fourth-order valence-electron chi connectivity index (χ4n) is 0.953. The van der Waals surface area contributed by atoms with Crippen molar-refractivity contribution in [1.29, 1.82) is 0 Å². The van der Waals surface area contributed by atoms with Crippen LogP contribution in [0.15, 0.2) is 29.7 Å². The van der Waals surface area contributed by atoms with Crippen LogP contribution in [0.25, 0.3) is 0 Å². The van der Waals surface area contributed by atoms with Crippen molar-refractivity contribution in [3.8, 4) is 0 Å². The number of hydrogen-bond donors (Lipinski definition) is 2. The molecule has 0 aliphatic rings. The van der Waals surface area contributed by atoms with Crippen LogP contribution in [0, 0.1) is 0 Å². The smallest absolute Gasteiger partial charge is 0.280 e. The molecule has 0 atom stereocenters. The van der Waals surface area contributed by atoms with Gasteiger partial charge in [0.25, 0.3) is 10.0 Å². The molecule has 0 aliphatic carbocycles. The van der Waals surface area contributed by atoms with E-state index in [9.17, 15) is 8.42 Å². The Bertz CT molecular complexity index is 565. The Balaban J connectivity index is 2.25. The normalized spacial score (nSPS) is 11.3. The van der Waals surface area contributed by atoms with Crippen LogP contribution >= 0.6 is 11.6 Å². The van der Waals surface area contributed by atoms with Gasteiger partial charge < -0.3 is 4.98 Å². The van der Waals surface area contributed by atoms with Crippen molar-refractivity contribution < 1.29 is 8.42 Å². The lowest BCUT2D eigenvalue weighted by molar-refractivity contribution is 0.598. The first-order chi connectivity index (χ1) is 7.58. The maximum absolute atomic E-state index is 11.7. The van der Waals surface area contributed by atoms with Gasteiger partial charge in [-0.05, 0) is 12.1 Å². The van der Waals surface area contributed by atoms with Crippen LogP contribution in [0.2, 0.25) is 5.15 Å². The van der Waals surface area contributed by atoms with Gasteiger partial charge in [0, 0.05) is 0 Å². The molecule has 9 heteroatoms. The SMILES string of the molecule is O=S(=O)(Nc1ccc(Cl)nn1)c1cnc[nH]1. The maximum atomic E-state index is 11.7. The van der Waals surface area contributed by atoms with Crippen molar-refractivity contribution in [2.45, 2.75) is 5.03 Å². The first-order valence-corrected chi connectivity index (χ1v) is 5.94. The number of nitrogens with one attached hydrogen (secondary N) is 2. The maximum Gasteiger partial charge on any atom is 0.280 e. The predicted octanol–water partition coefficient (Wildman–Crippen LogP) is 0.654. The molecule has 0 aliphatic heterocycles. The summed E-state index contributed by atoms with van der Waals surface area (Å²) in [5.74, 6) is 0.0824. The Morgan fingerprint density at radius 2 is 2.12 bits per heavy atom. The number of rotatable bonds is 3. The third-order valence-corrected chi connectivity index (χ3v) is 3.12. The molecule has 16 heavy (non-hydrogen) atoms. The highest BCUT2D eigenvalue weighted by Gasteiger charge is 2.16. The zero-order valence-electron chi connectivity index (χ0n) is 7.75. The molecule has 0 amide bonds. The minimum Gasteiger partial charge on any atom is -0.334 e. The summed E-state index contributed by atoms with van der Waals surface area (Å²) in [4.78, 5) is 6.09. The summed E-state index contributed by atoms with van der Waals surface area (Å²) >= 11 is 5.52. The summed E-state index contributed by atoms with van der Waals surface area (Å²) in [6.45, 7) is 0. The fraction of sp³-hybridized carbons (Fsp3) is 0. The van der Waals surface area contributed by atoms with E-state index in [1.165, 1.54) is 24.7 Å². The second-order valence-corrected chi connectivity index (χ2v) is 4.80. The van der Waals surface area contributed by atoms with Gasteiger partial charge >= 0.3 is 0 Å². The minimum atomic E-state index is -3.70. The third kappa shape index (κ3) is 2.28. The number of anilines is 1. The van der Waals surface area contributed by atoms with E-state index < -0.39 is 10.0 Å². The molecule has 0 radical (unpaired) electrons. The molecule has 2 N–H and O–H groups in total. The largest absolute Gasteiger partial charge is 0.334 e. The van der Waals surface area contributed by atoms with Crippen LogP contribution in [0.4, 0.5) is 5.82 Å². The lowest BCUT2D eigenvalue weighted by Gasteiger charge is -2.03. The fourth-order valence-corrected chi connectivity index (χ4v) is 1.96. The molecule has 7 nitrogen and oxygen atoms in total. The Morgan fingerprint density at radius 1 is 1.31 bits per heavy atom. The second-order valence-electron chi connectivity index (χ2n) is 2.76. The number of sulfonamides is 1. The van der Waals surface area contributed by atoms with Crippen molar-refractivity contribution >= 4 is 27.4 Å². The lowest BCUT2D eigenvalue weighted by Crippen LogP contribution is -2.14. The molecule has 84 valence electrons. The molecule has 2 aromatic rings. The lowest BCUT2D eigenvalue weighted by atomic mass is 10.5. The first kappa shape index (κ1) is 10.8. The zero-order valence-corrected chi connectivity index (χ0v) is 9.33. The first-order valence-electron chi connectivity index (χ1n) is 4.08. The number of H-pyrrole nitrogens is 1. The van der Waals surface area contributed by atoms with Crippen LogP contribution in [-0.2, 0) is 10.0 Å². The summed E-state index contributed by atoms with van der Waals surface area (Å²) in [7, 11) is -3.70. The summed E-state index contributed by atoms with van der Waals surface area (Å²) in [6.07, 6.45) is 2.45. The van der Waals surface area contributed by atoms with Gasteiger partial charge in [-0.25, -0.2) is 4.98 Å². The van der Waals surface area contributed by atoms with Gasteiger partial charge in [-0.3, -0.25) is 4.72 Å². The van der Waals surface area contributed by atoms with Gasteiger partial charge in [-0.2, -0.15) is 8.42 Å². The molecule has 0 saturated heterocycles. The van der Waals surface area contributed by atoms with Crippen LogP contribution in [0.5, 0.6) is 0 Å². The highest BCUT2D eigenvalue weighted by molar-refractivity contribution is 7.92. The van der Waals surface area contributed by atoms with Crippen molar-refractivity contribution in [3.63, 3.8) is 0 Å². The van der Waals surface area contributed by atoms with E-state index in [0.717, 1.165) is 0 Å². The van der Waals surface area contributed by atoms with E-state index in [1.807, 2.05) is 0 Å². The Hall–Kier alpha value is -1.67. The summed E-state index contributed by atoms with van der Waals surface area (Å²) in [5.41, 5.74) is 0. The Labute approximate surface area is 95.9 Å². The van der Waals surface area contributed by atoms with Crippen molar-refractivity contribution in [2.24, 2.45) is 0 Å². The van der Waals surface area contributed by atoms with E-state index in [2.05, 4.69) is 24.9 Å². The molecule has 2 aromatic heterocycles. The van der Waals surface area contributed by atoms with Crippen LogP contribution in [-0.4, -0.2) is 28.6 Å². The number of nitrogens with zero attached hydrogens (tertiary/aromatic N) is 3. The standard InChI is InChI=1S/C7H6ClN5O2S/c8-5-1-2-6(12-11-5)13-16(14,15)7-3-9-4-10-7/h1-4H,(H,9,10)(H,12,13). The van der Waals surface area contributed by atoms with Crippen molar-refractivity contribution in [1.82, 2.24) is 20.2 Å². The van der Waals surface area contributed by atoms with Crippen LogP contribution < -0.4 is 4.72 Å². The van der Waals surface area contributed by atoms with Gasteiger partial charge in [0.15, 0.2) is 16.0 Å². The van der Waals surface area contributed by atoms with Crippen LogP contribution in [0.1, 0.15) is 0 Å². The third-order valence-electron chi connectivity index (χ3n) is 1.63. The van der Waals surface area contributed by atoms with Gasteiger partial charge in [0.05, 0.1) is 12.5 Å². The topological polar surface area (TPSA) is 101 Å². The number of imidazole rings is 1. The van der Waals surface area contributed by atoms with E-state index in [1.54, 1.807) is 0 Å². The molecule has 0 spiro atoms. The molecule has 0 aromatic carbocycles. The summed E-state index contributed by atoms with van der Waals surface area (Å²) in [6, 6.07) is 2.84. The second kappa shape index (κ2) is 4.06. The Kier molecular flexibility index (Phi) is 2.75. The van der Waals surface area contributed by atoms with E-state index in [0.29, 0.717) is 0 Å². The van der Waals surface area contributed by atoms with Crippen molar-refractivity contribution in [2.75, 3.05) is 4.72 Å². The molecule has 2 heterocycles. The van der Waals surface area contributed by atoms with Gasteiger partial charge in [0.1, 0.15) is 0 Å². The highest BCUT2D eigenvalue weighted by Crippen LogP contribution is 2.11. The van der Waals surface area contributed by atoms with Crippen molar-refractivity contribution in [3.05, 3.63) is 29.8 Å². The quantitative estimate of drug-likeness (QED) is 0.843. The average Bonchev–Trinajstić information content (AvgIpc) is 2.75. The van der Waals surface area contributed by atoms with Gasteiger partial charge in [-0.15, -0.1) is 10.2 Å². The van der Waals surface area contributed by atoms with E-state index in [-0.39, 0.29) is 16.0 Å².